The van der Waals surface area contributed by atoms with E-state index in [1.54, 1.807) is 41.7 Å². The maximum Gasteiger partial charge on any atom is 0.407 e. The second-order valence-corrected chi connectivity index (χ2v) is 22.0. The van der Waals surface area contributed by atoms with E-state index in [1.807, 2.05) is 56.5 Å². The van der Waals surface area contributed by atoms with E-state index in [2.05, 4.69) is 30.6 Å². The van der Waals surface area contributed by atoms with E-state index < -0.39 is 54.0 Å². The maximum absolute atomic E-state index is 17.1. The molecule has 4 aliphatic rings. The highest BCUT2D eigenvalue weighted by molar-refractivity contribution is 7.15. The van der Waals surface area contributed by atoms with Gasteiger partial charge in [0, 0.05) is 47.8 Å². The van der Waals surface area contributed by atoms with Crippen LogP contribution in [0.25, 0.3) is 55.2 Å². The number of hydrogen-bond acceptors (Lipinski definition) is 13. The lowest BCUT2D eigenvalue weighted by molar-refractivity contribution is -0.161. The lowest BCUT2D eigenvalue weighted by Gasteiger charge is -2.40. The van der Waals surface area contributed by atoms with E-state index >= 15 is 4.39 Å². The van der Waals surface area contributed by atoms with E-state index in [1.165, 1.54) is 48.7 Å². The summed E-state index contributed by atoms with van der Waals surface area (Å²) in [6.07, 6.45) is 5.44. The van der Waals surface area contributed by atoms with Gasteiger partial charge in [0.1, 0.15) is 40.3 Å². The summed E-state index contributed by atoms with van der Waals surface area (Å²) < 4.78 is 55.6. The monoisotopic (exact) mass is 1090 g/mol. The van der Waals surface area contributed by atoms with Crippen LogP contribution in [-0.4, -0.2) is 120 Å². The third-order valence-electron chi connectivity index (χ3n) is 15.4. The molecule has 3 saturated heterocycles. The fraction of sp³-hybridized carbons (Fsp3) is 0.411. The number of nitrogens with zero attached hydrogens (tertiary/aromatic N) is 6. The number of imidazole rings is 2. The second-order valence-electron chi connectivity index (χ2n) is 20.9. The Morgan fingerprint density at radius 2 is 1.55 bits per heavy atom. The molecular formula is C56H60F2N10O9S. The zero-order valence-corrected chi connectivity index (χ0v) is 44.7. The lowest BCUT2D eigenvalue weighted by atomic mass is 9.85. The number of benzene rings is 3. The van der Waals surface area contributed by atoms with Gasteiger partial charge in [-0.15, -0.1) is 11.3 Å². The SMILES string of the molecule is COC(=O)NC(C(=O)N1CCC[C@H]1c1ncc(-c2cc(F)c3c(c2)OC(c2cnc(-c4ccc(F)cc4)s2)n2c-3cc3cc(-c4cnc([C@@]5(O)CCCN5C(=O)C(NC(=O)OC)C5C[C@@H](C)O[C@@H](C)C5)[nH]4)ccc32)[nH]1)C(C)C. The van der Waals surface area contributed by atoms with E-state index in [0.717, 1.165) is 11.8 Å². The van der Waals surface area contributed by atoms with Crippen molar-refractivity contribution in [3.63, 3.8) is 0 Å². The normalized spacial score (nSPS) is 22.7. The predicted molar refractivity (Wildman–Crippen MR) is 284 cm³/mol. The smallest absolute Gasteiger partial charge is 0.407 e. The number of alkyl carbamates (subject to hydrolysis) is 2. The Labute approximate surface area is 451 Å². The van der Waals surface area contributed by atoms with Gasteiger partial charge < -0.3 is 54.5 Å². The average Bonchev–Trinajstić information content (AvgIpc) is 4.49. The molecular weight excluding hydrogens is 1030 g/mol. The minimum Gasteiger partial charge on any atom is -0.464 e. The zero-order valence-electron chi connectivity index (χ0n) is 43.8. The van der Waals surface area contributed by atoms with Gasteiger partial charge in [-0.05, 0) is 112 Å². The van der Waals surface area contributed by atoms with Crippen LogP contribution >= 0.6 is 11.3 Å². The predicted octanol–water partition coefficient (Wildman–Crippen LogP) is 9.17. The summed E-state index contributed by atoms with van der Waals surface area (Å²) in [6.45, 7) is 8.26. The number of aliphatic hydroxyl groups is 1. The number of carbonyl (C=O) groups is 4. The van der Waals surface area contributed by atoms with Crippen LogP contribution in [0.4, 0.5) is 18.4 Å². The molecule has 0 radical (unpaired) electrons. The number of carbonyl (C=O) groups excluding carboxylic acids is 4. The first-order valence-corrected chi connectivity index (χ1v) is 27.0. The van der Waals surface area contributed by atoms with Gasteiger partial charge in [0.2, 0.25) is 18.0 Å². The Morgan fingerprint density at radius 3 is 2.29 bits per heavy atom. The number of amides is 4. The molecule has 4 aliphatic heterocycles. The van der Waals surface area contributed by atoms with Gasteiger partial charge >= 0.3 is 12.2 Å². The molecule has 8 heterocycles. The van der Waals surface area contributed by atoms with Crippen LogP contribution in [0.15, 0.2) is 79.3 Å². The van der Waals surface area contributed by atoms with Gasteiger partial charge in [-0.25, -0.2) is 33.3 Å². The molecule has 19 nitrogen and oxygen atoms in total. The molecule has 0 saturated carbocycles. The van der Waals surface area contributed by atoms with E-state index in [0.29, 0.717) is 87.2 Å². The highest BCUT2D eigenvalue weighted by atomic mass is 32.1. The molecule has 78 heavy (non-hydrogen) atoms. The number of aromatic nitrogens is 6. The topological polar surface area (TPSA) is 231 Å². The molecule has 0 bridgehead atoms. The Balaban J connectivity index is 0.925. The molecule has 0 spiro atoms. The first-order valence-electron chi connectivity index (χ1n) is 26.2. The van der Waals surface area contributed by atoms with Gasteiger partial charge in [-0.3, -0.25) is 14.2 Å². The van der Waals surface area contributed by atoms with Gasteiger partial charge in [0.15, 0.2) is 11.5 Å². The Hall–Kier alpha value is -7.69. The molecule has 22 heteroatoms. The third-order valence-corrected chi connectivity index (χ3v) is 16.5. The number of hydrogen-bond donors (Lipinski definition) is 5. The molecule has 8 atom stereocenters. The van der Waals surface area contributed by atoms with Crippen molar-refractivity contribution in [2.24, 2.45) is 11.8 Å². The number of H-pyrrole nitrogens is 2. The van der Waals surface area contributed by atoms with Crippen molar-refractivity contribution in [2.75, 3.05) is 27.3 Å². The number of halogens is 2. The summed E-state index contributed by atoms with van der Waals surface area (Å²) in [5.74, 6) is -1.17. The Morgan fingerprint density at radius 1 is 0.833 bits per heavy atom. The summed E-state index contributed by atoms with van der Waals surface area (Å²) >= 11 is 1.36. The molecule has 4 aromatic heterocycles. The average molecular weight is 1090 g/mol. The summed E-state index contributed by atoms with van der Waals surface area (Å²) in [6, 6.07) is 14.7. The first-order chi connectivity index (χ1) is 37.5. The number of fused-ring (bicyclic) bond motifs is 5. The second kappa shape index (κ2) is 20.9. The summed E-state index contributed by atoms with van der Waals surface area (Å²) in [5, 5.41) is 19.2. The number of rotatable bonds is 12. The fourth-order valence-electron chi connectivity index (χ4n) is 11.7. The number of nitrogens with one attached hydrogen (secondary N) is 4. The van der Waals surface area contributed by atoms with Crippen molar-refractivity contribution >= 4 is 46.2 Å². The van der Waals surface area contributed by atoms with Gasteiger partial charge in [-0.1, -0.05) is 19.9 Å². The molecule has 11 rings (SSSR count). The minimum atomic E-state index is -1.81. The van der Waals surface area contributed by atoms with Gasteiger partial charge in [0.05, 0.1) is 77.9 Å². The van der Waals surface area contributed by atoms with Crippen LogP contribution < -0.4 is 15.4 Å². The minimum absolute atomic E-state index is 0.141. The Bertz CT molecular complexity index is 3420. The standard InChI is InChI=1S/C56H60F2N10O9S/c1-28(2)46(64-54(71)74-5)50(69)66-17-7-9-41(66)48-59-25-39(62-48)33-22-37(58)45-42-23-34-21-32(12-15-40(34)68(42)52(77-43(45)24-33)44-27-60-49(78-44)31-10-13-36(57)14-11-31)38-26-61-53(63-38)56(73)16-8-18-67(56)51(70)47(65-55(72)75-6)35-19-29(3)76-30(4)20-35/h10-15,21-30,35,41,46-47,52,73H,7-9,16-20H2,1-6H3,(H,59,62)(H,61,63)(H,64,71)(H,65,72)/t29-,30+,35?,41-,46?,47?,52?,56-/m0/s1. The maximum atomic E-state index is 17.1. The van der Waals surface area contributed by atoms with Crippen LogP contribution in [0.3, 0.4) is 0 Å². The van der Waals surface area contributed by atoms with Crippen LogP contribution in [0.5, 0.6) is 5.75 Å². The van der Waals surface area contributed by atoms with Crippen molar-refractivity contribution in [3.05, 3.63) is 107 Å². The molecule has 3 aromatic carbocycles. The molecule has 3 fully saturated rings. The first kappa shape index (κ1) is 52.4. The number of thiazole rings is 1. The summed E-state index contributed by atoms with van der Waals surface area (Å²) in [7, 11) is 2.49. The van der Waals surface area contributed by atoms with E-state index in [-0.39, 0.29) is 65.9 Å². The van der Waals surface area contributed by atoms with E-state index in [9.17, 15) is 28.7 Å². The third kappa shape index (κ3) is 9.63. The molecule has 0 aliphatic carbocycles. The number of ether oxygens (including phenoxy) is 4. The van der Waals surface area contributed by atoms with Crippen molar-refractivity contribution in [1.82, 2.24) is 49.9 Å². The highest BCUT2D eigenvalue weighted by Gasteiger charge is 2.50. The summed E-state index contributed by atoms with van der Waals surface area (Å²) in [5.41, 5.74) is 2.58. The number of likely N-dealkylation sites (tertiary alicyclic amines) is 2. The lowest BCUT2D eigenvalue weighted by Crippen LogP contribution is -2.58. The number of aromatic amines is 2. The molecule has 4 unspecified atom stereocenters. The van der Waals surface area contributed by atoms with Crippen molar-refractivity contribution in [1.29, 1.82) is 0 Å². The highest BCUT2D eigenvalue weighted by Crippen LogP contribution is 2.49. The molecule has 7 aromatic rings. The van der Waals surface area contributed by atoms with Crippen molar-refractivity contribution in [2.45, 2.75) is 109 Å². The van der Waals surface area contributed by atoms with E-state index in [4.69, 9.17) is 23.9 Å². The Kier molecular flexibility index (Phi) is 14.1. The van der Waals surface area contributed by atoms with Crippen molar-refractivity contribution in [3.8, 4) is 50.1 Å². The largest absolute Gasteiger partial charge is 0.464 e. The van der Waals surface area contributed by atoms with Crippen LogP contribution in [0.1, 0.15) is 95.0 Å². The summed E-state index contributed by atoms with van der Waals surface area (Å²) in [4.78, 5) is 77.7. The quantitative estimate of drug-likeness (QED) is 0.0771. The van der Waals surface area contributed by atoms with Gasteiger partial charge in [-0.2, -0.15) is 0 Å². The van der Waals surface area contributed by atoms with Crippen LogP contribution in [0, 0.1) is 23.5 Å². The van der Waals surface area contributed by atoms with Gasteiger partial charge in [0.25, 0.3) is 0 Å². The van der Waals surface area contributed by atoms with Crippen LogP contribution in [-0.2, 0) is 29.5 Å². The fourth-order valence-corrected chi connectivity index (χ4v) is 12.7. The molecule has 4 amide bonds. The van der Waals surface area contributed by atoms with Crippen molar-refractivity contribution < 1.29 is 52.0 Å². The molecule has 408 valence electrons. The number of methoxy groups -OCH3 is 2. The van der Waals surface area contributed by atoms with Crippen LogP contribution in [0.2, 0.25) is 0 Å². The molecule has 5 N–H and O–H groups in total. The zero-order chi connectivity index (χ0) is 54.7.